The average molecular weight is 623 g/mol. The van der Waals surface area contributed by atoms with Gasteiger partial charge in [-0.1, -0.05) is 0 Å². The molecule has 0 saturated carbocycles. The smallest absolute Gasteiger partial charge is 0.349 e. The summed E-state index contributed by atoms with van der Waals surface area (Å²) in [6.07, 6.45) is 1.26. The minimum absolute atomic E-state index is 0.103. The third kappa shape index (κ3) is 7.76. The molecule has 45 heavy (non-hydrogen) atoms. The van der Waals surface area contributed by atoms with Crippen LogP contribution in [0.5, 0.6) is 0 Å². The third-order valence-corrected chi connectivity index (χ3v) is 6.82. The van der Waals surface area contributed by atoms with Crippen LogP contribution in [0.1, 0.15) is 37.5 Å². The first kappa shape index (κ1) is 32.5. The van der Waals surface area contributed by atoms with Crippen molar-refractivity contribution in [2.75, 3.05) is 19.6 Å². The van der Waals surface area contributed by atoms with Crippen LogP contribution in [0.3, 0.4) is 0 Å². The highest BCUT2D eigenvalue weighted by Crippen LogP contribution is 2.24. The number of carbonyl (C=O) groups is 3. The summed E-state index contributed by atoms with van der Waals surface area (Å²) in [5.41, 5.74) is -1.15. The summed E-state index contributed by atoms with van der Waals surface area (Å²) in [5, 5.41) is 2.60. The molecule has 3 heterocycles. The van der Waals surface area contributed by atoms with Crippen molar-refractivity contribution in [3.05, 3.63) is 76.7 Å². The van der Waals surface area contributed by atoms with Gasteiger partial charge in [-0.05, 0) is 64.8 Å². The number of fused-ring (bicyclic) bond motifs is 2. The predicted octanol–water partition coefficient (Wildman–Crippen LogP) is -0.653. The van der Waals surface area contributed by atoms with Crippen molar-refractivity contribution < 1.29 is 19.1 Å². The molecule has 16 nitrogen and oxygen atoms in total. The van der Waals surface area contributed by atoms with Gasteiger partial charge < -0.3 is 19.5 Å². The van der Waals surface area contributed by atoms with E-state index in [1.54, 1.807) is 32.9 Å². The van der Waals surface area contributed by atoms with E-state index >= 15 is 0 Å². The Hall–Kier alpha value is -5.41. The minimum Gasteiger partial charge on any atom is -0.459 e. The molecule has 0 fully saturated rings. The van der Waals surface area contributed by atoms with Gasteiger partial charge in [0.15, 0.2) is 11.5 Å². The van der Waals surface area contributed by atoms with E-state index in [1.165, 1.54) is 22.6 Å². The Morgan fingerprint density at radius 1 is 0.933 bits per heavy atom. The van der Waals surface area contributed by atoms with Crippen LogP contribution in [0.4, 0.5) is 0 Å². The van der Waals surface area contributed by atoms with Crippen LogP contribution in [-0.4, -0.2) is 77.0 Å². The number of benzene rings is 1. The topological polar surface area (TPSA) is 211 Å². The lowest BCUT2D eigenvalue weighted by molar-refractivity contribution is -0.159. The van der Waals surface area contributed by atoms with Gasteiger partial charge in [0.1, 0.15) is 25.2 Å². The van der Waals surface area contributed by atoms with Crippen molar-refractivity contribution >= 4 is 28.8 Å². The van der Waals surface area contributed by atoms with Crippen LogP contribution in [0.2, 0.25) is 0 Å². The van der Waals surface area contributed by atoms with Crippen LogP contribution < -0.4 is 27.8 Å². The number of carbonyl (C=O) groups excluding carboxylic acids is 3. The number of rotatable bonds is 9. The Balaban J connectivity index is 1.62. The SMILES string of the molecule is Cc1cc2nc3c(=O)[nH]c(=O)nc-3n(CC(=O)N(CCNC(=O)Cn3cc(C)c(=O)[nH]c3=O)CC(=O)OC(C)(C)C)c2cc1C. The number of aromatic amines is 2. The molecule has 2 amide bonds. The van der Waals surface area contributed by atoms with Gasteiger partial charge in [0.25, 0.3) is 11.1 Å². The van der Waals surface area contributed by atoms with Crippen LogP contribution in [0, 0.1) is 20.8 Å². The molecule has 238 valence electrons. The monoisotopic (exact) mass is 622 g/mol. The molecule has 0 aliphatic carbocycles. The first-order valence-corrected chi connectivity index (χ1v) is 14.0. The predicted molar refractivity (Wildman–Crippen MR) is 162 cm³/mol. The molecule has 0 radical (unpaired) electrons. The fourth-order valence-corrected chi connectivity index (χ4v) is 4.54. The van der Waals surface area contributed by atoms with E-state index in [9.17, 15) is 33.6 Å². The van der Waals surface area contributed by atoms with Crippen molar-refractivity contribution in [1.82, 2.24) is 39.3 Å². The molecule has 3 N–H and O–H groups in total. The van der Waals surface area contributed by atoms with Gasteiger partial charge >= 0.3 is 17.3 Å². The second-order valence-electron chi connectivity index (χ2n) is 11.6. The summed E-state index contributed by atoms with van der Waals surface area (Å²) >= 11 is 0. The largest absolute Gasteiger partial charge is 0.459 e. The number of aromatic nitrogens is 6. The van der Waals surface area contributed by atoms with Crippen molar-refractivity contribution in [2.24, 2.45) is 0 Å². The maximum atomic E-state index is 13.8. The summed E-state index contributed by atoms with van der Waals surface area (Å²) in [7, 11) is 0. The Labute approximate surface area is 255 Å². The van der Waals surface area contributed by atoms with Crippen LogP contribution in [-0.2, 0) is 32.2 Å². The van der Waals surface area contributed by atoms with Crippen molar-refractivity contribution in [3.8, 4) is 11.5 Å². The molecule has 16 heteroatoms. The van der Waals surface area contributed by atoms with E-state index in [0.717, 1.165) is 15.7 Å². The van der Waals surface area contributed by atoms with Crippen molar-refractivity contribution in [3.63, 3.8) is 0 Å². The molecule has 0 spiro atoms. The number of amides is 2. The average Bonchev–Trinajstić information content (AvgIpc) is 2.91. The molecule has 4 rings (SSSR count). The third-order valence-electron chi connectivity index (χ3n) is 6.82. The summed E-state index contributed by atoms with van der Waals surface area (Å²) in [6.45, 7) is 8.72. The van der Waals surface area contributed by atoms with E-state index < -0.39 is 65.5 Å². The number of hydrogen-bond donors (Lipinski definition) is 3. The Morgan fingerprint density at radius 2 is 1.62 bits per heavy atom. The standard InChI is InChI=1S/C29H34N8O8/c1-15-9-18-19(10-16(15)2)37(24-23(31-18)26(42)33-27(43)32-24)13-21(39)35(14-22(40)45-29(4,5)6)8-7-30-20(38)12-36-11-17(3)25(41)34-28(36)44/h9-11H,7-8,12-14H2,1-6H3,(H,30,38)(H,33,42,43)(H,34,41,44). The van der Waals surface area contributed by atoms with E-state index in [2.05, 4.69) is 25.3 Å². The summed E-state index contributed by atoms with van der Waals surface area (Å²) in [4.78, 5) is 101. The maximum absolute atomic E-state index is 13.8. The second-order valence-corrected chi connectivity index (χ2v) is 11.6. The van der Waals surface area contributed by atoms with Gasteiger partial charge in [-0.2, -0.15) is 4.98 Å². The lowest BCUT2D eigenvalue weighted by Gasteiger charge is -2.26. The summed E-state index contributed by atoms with van der Waals surface area (Å²) < 4.78 is 7.84. The molecule has 2 aliphatic rings. The van der Waals surface area contributed by atoms with E-state index in [-0.39, 0.29) is 30.2 Å². The number of ether oxygens (including phenoxy) is 1. The van der Waals surface area contributed by atoms with Gasteiger partial charge in [0, 0.05) is 24.8 Å². The first-order chi connectivity index (χ1) is 21.0. The number of H-pyrrole nitrogens is 2. The van der Waals surface area contributed by atoms with Crippen LogP contribution in [0.15, 0.2) is 37.5 Å². The molecule has 2 aromatic rings. The molecule has 1 aromatic heterocycles. The van der Waals surface area contributed by atoms with Crippen molar-refractivity contribution in [2.45, 2.75) is 60.2 Å². The Bertz CT molecular complexity index is 2010. The highest BCUT2D eigenvalue weighted by molar-refractivity contribution is 5.86. The van der Waals surface area contributed by atoms with Crippen LogP contribution in [0.25, 0.3) is 22.6 Å². The Morgan fingerprint density at radius 3 is 2.31 bits per heavy atom. The fourth-order valence-electron chi connectivity index (χ4n) is 4.54. The molecular formula is C29H34N8O8. The normalized spacial score (nSPS) is 11.5. The number of esters is 1. The van der Waals surface area contributed by atoms with Gasteiger partial charge in [-0.3, -0.25) is 38.5 Å². The van der Waals surface area contributed by atoms with E-state index in [0.29, 0.717) is 11.0 Å². The minimum atomic E-state index is -0.913. The highest BCUT2D eigenvalue weighted by atomic mass is 16.6. The quantitative estimate of drug-likeness (QED) is 0.158. The van der Waals surface area contributed by atoms with Crippen LogP contribution >= 0.6 is 0 Å². The van der Waals surface area contributed by atoms with Gasteiger partial charge in [-0.25, -0.2) is 14.6 Å². The summed E-state index contributed by atoms with van der Waals surface area (Å²) in [6, 6.07) is 3.51. The second kappa shape index (κ2) is 12.7. The number of nitrogens with one attached hydrogen (secondary N) is 3. The number of hydrogen-bond acceptors (Lipinski definition) is 10. The van der Waals surface area contributed by atoms with Crippen molar-refractivity contribution in [1.29, 1.82) is 0 Å². The molecule has 1 aromatic carbocycles. The highest BCUT2D eigenvalue weighted by Gasteiger charge is 2.26. The molecule has 0 atom stereocenters. The fraction of sp³-hybridized carbons (Fsp3) is 0.414. The van der Waals surface area contributed by atoms with Gasteiger partial charge in [-0.15, -0.1) is 0 Å². The zero-order valence-electron chi connectivity index (χ0n) is 25.8. The first-order valence-electron chi connectivity index (χ1n) is 14.0. The lowest BCUT2D eigenvalue weighted by Crippen LogP contribution is -2.45. The Kier molecular flexibility index (Phi) is 9.15. The molecule has 0 saturated heterocycles. The summed E-state index contributed by atoms with van der Waals surface area (Å²) in [5.74, 6) is -1.99. The molecular weight excluding hydrogens is 588 g/mol. The zero-order chi connectivity index (χ0) is 33.2. The molecule has 0 unspecified atom stereocenters. The van der Waals surface area contributed by atoms with E-state index in [1.807, 2.05) is 13.8 Å². The maximum Gasteiger partial charge on any atom is 0.349 e. The number of nitrogens with zero attached hydrogens (tertiary/aromatic N) is 5. The molecule has 2 aliphatic heterocycles. The molecule has 0 bridgehead atoms. The van der Waals surface area contributed by atoms with Gasteiger partial charge in [0.05, 0.1) is 11.0 Å². The van der Waals surface area contributed by atoms with E-state index in [4.69, 9.17) is 4.74 Å². The van der Waals surface area contributed by atoms with Gasteiger partial charge in [0.2, 0.25) is 11.8 Å². The zero-order valence-corrected chi connectivity index (χ0v) is 25.8. The lowest BCUT2D eigenvalue weighted by atomic mass is 10.1. The number of aryl methyl sites for hydroxylation is 3.